The number of rotatable bonds is 0. The van der Waals surface area contributed by atoms with E-state index in [2.05, 4.69) is 36.4 Å². The molecule has 1 heteroatoms. The minimum absolute atomic E-state index is 0.624. The van der Waals surface area contributed by atoms with Crippen molar-refractivity contribution < 1.29 is 0 Å². The highest BCUT2D eigenvalue weighted by Gasteiger charge is 2.29. The lowest BCUT2D eigenvalue weighted by Gasteiger charge is -2.34. The van der Waals surface area contributed by atoms with Crippen molar-refractivity contribution in [1.82, 2.24) is 0 Å². The molecule has 9 heavy (non-hydrogen) atoms. The molecule has 0 radical (unpaired) electrons. The monoisotopic (exact) mass is 238 g/mol. The summed E-state index contributed by atoms with van der Waals surface area (Å²) in [5.74, 6) is 0. The predicted molar refractivity (Wildman–Crippen MR) is 50.1 cm³/mol. The van der Waals surface area contributed by atoms with Gasteiger partial charge in [-0.2, -0.15) is 0 Å². The van der Waals surface area contributed by atoms with Crippen LogP contribution >= 0.6 is 22.6 Å². The van der Waals surface area contributed by atoms with Crippen molar-refractivity contribution in [3.05, 3.63) is 0 Å². The second-order valence-electron chi connectivity index (χ2n) is 3.70. The number of hydrogen-bond donors (Lipinski definition) is 0. The van der Waals surface area contributed by atoms with E-state index in [9.17, 15) is 0 Å². The molecule has 0 N–H and O–H groups in total. The van der Waals surface area contributed by atoms with E-state index in [0.29, 0.717) is 5.41 Å². The number of hydrogen-bond acceptors (Lipinski definition) is 0. The largest absolute Gasteiger partial charge is 0.0820 e. The normalized spacial score (nSPS) is 34.3. The molecule has 54 valence electrons. The first-order valence-electron chi connectivity index (χ1n) is 3.77. The van der Waals surface area contributed by atoms with Crippen LogP contribution in [0.25, 0.3) is 0 Å². The Hall–Kier alpha value is 0.730. The zero-order valence-corrected chi connectivity index (χ0v) is 8.44. The van der Waals surface area contributed by atoms with E-state index in [0.717, 1.165) is 3.92 Å². The molecule has 0 aromatic rings. The Kier molecular flexibility index (Phi) is 2.41. The third-order valence-corrected chi connectivity index (χ3v) is 4.69. The van der Waals surface area contributed by atoms with Crippen LogP contribution in [0.3, 0.4) is 0 Å². The van der Waals surface area contributed by atoms with Crippen molar-refractivity contribution in [2.75, 3.05) is 0 Å². The molecular formula is C8H15I. The average molecular weight is 238 g/mol. The van der Waals surface area contributed by atoms with Gasteiger partial charge in [0.25, 0.3) is 0 Å². The van der Waals surface area contributed by atoms with Gasteiger partial charge in [0.2, 0.25) is 0 Å². The Morgan fingerprint density at radius 1 is 1.33 bits per heavy atom. The van der Waals surface area contributed by atoms with E-state index < -0.39 is 0 Å². The quantitative estimate of drug-likeness (QED) is 0.448. The van der Waals surface area contributed by atoms with Gasteiger partial charge < -0.3 is 0 Å². The summed E-state index contributed by atoms with van der Waals surface area (Å²) in [5.41, 5.74) is 0.624. The summed E-state index contributed by atoms with van der Waals surface area (Å²) in [6.45, 7) is 4.78. The van der Waals surface area contributed by atoms with Gasteiger partial charge in [-0.15, -0.1) is 0 Å². The third-order valence-electron chi connectivity index (χ3n) is 2.38. The fourth-order valence-corrected chi connectivity index (χ4v) is 2.20. The summed E-state index contributed by atoms with van der Waals surface area (Å²) in [6, 6.07) is 0. The molecule has 1 rings (SSSR count). The number of halogens is 1. The molecule has 0 amide bonds. The van der Waals surface area contributed by atoms with E-state index in [-0.39, 0.29) is 0 Å². The Morgan fingerprint density at radius 3 is 2.33 bits per heavy atom. The summed E-state index contributed by atoms with van der Waals surface area (Å²) >= 11 is 2.60. The van der Waals surface area contributed by atoms with Gasteiger partial charge in [0, 0.05) is 3.92 Å². The van der Waals surface area contributed by atoms with Crippen molar-refractivity contribution in [2.24, 2.45) is 5.41 Å². The third kappa shape index (κ3) is 1.82. The van der Waals surface area contributed by atoms with Crippen molar-refractivity contribution in [3.63, 3.8) is 0 Å². The van der Waals surface area contributed by atoms with Crippen molar-refractivity contribution in [2.45, 2.75) is 43.5 Å². The molecule has 0 aromatic carbocycles. The van der Waals surface area contributed by atoms with Crippen LogP contribution in [0, 0.1) is 5.41 Å². The average Bonchev–Trinajstić information content (AvgIpc) is 1.77. The Bertz CT molecular complexity index is 96.7. The van der Waals surface area contributed by atoms with Crippen LogP contribution in [-0.4, -0.2) is 3.92 Å². The lowest BCUT2D eigenvalue weighted by molar-refractivity contribution is 0.266. The first-order valence-corrected chi connectivity index (χ1v) is 5.01. The molecule has 1 saturated carbocycles. The smallest absolute Gasteiger partial charge is 0.0161 e. The lowest BCUT2D eigenvalue weighted by Crippen LogP contribution is -2.27. The molecule has 0 bridgehead atoms. The second kappa shape index (κ2) is 2.77. The first kappa shape index (κ1) is 7.83. The minimum Gasteiger partial charge on any atom is -0.0820 e. The Morgan fingerprint density at radius 2 is 2.00 bits per heavy atom. The molecule has 1 unspecified atom stereocenters. The van der Waals surface area contributed by atoms with Gasteiger partial charge in [-0.3, -0.25) is 0 Å². The van der Waals surface area contributed by atoms with Crippen LogP contribution in [0.15, 0.2) is 0 Å². The van der Waals surface area contributed by atoms with E-state index in [1.165, 1.54) is 25.7 Å². The fourth-order valence-electron chi connectivity index (χ4n) is 1.45. The minimum atomic E-state index is 0.624. The van der Waals surface area contributed by atoms with Gasteiger partial charge in [0.15, 0.2) is 0 Å². The summed E-state index contributed by atoms with van der Waals surface area (Å²) in [4.78, 5) is 0. The van der Waals surface area contributed by atoms with Crippen molar-refractivity contribution in [1.29, 1.82) is 0 Å². The first-order chi connectivity index (χ1) is 4.13. The summed E-state index contributed by atoms with van der Waals surface area (Å²) < 4.78 is 0.920. The summed E-state index contributed by atoms with van der Waals surface area (Å²) in [6.07, 6.45) is 5.78. The van der Waals surface area contributed by atoms with E-state index in [1.807, 2.05) is 0 Å². The molecule has 1 atom stereocenters. The molecule has 0 aromatic heterocycles. The van der Waals surface area contributed by atoms with Crippen LogP contribution < -0.4 is 0 Å². The SMILES string of the molecule is CC1(C)CCCCC1I. The number of alkyl halides is 1. The molecule has 1 fully saturated rings. The van der Waals surface area contributed by atoms with Crippen LogP contribution in [-0.2, 0) is 0 Å². The maximum atomic E-state index is 2.60. The van der Waals surface area contributed by atoms with E-state index in [4.69, 9.17) is 0 Å². The molecule has 0 aliphatic heterocycles. The molecule has 1 aliphatic rings. The fraction of sp³-hybridized carbons (Fsp3) is 1.00. The maximum Gasteiger partial charge on any atom is 0.0161 e. The topological polar surface area (TPSA) is 0 Å². The van der Waals surface area contributed by atoms with Gasteiger partial charge >= 0.3 is 0 Å². The van der Waals surface area contributed by atoms with E-state index >= 15 is 0 Å². The molecule has 0 nitrogen and oxygen atoms in total. The molecular weight excluding hydrogens is 223 g/mol. The zero-order valence-electron chi connectivity index (χ0n) is 6.28. The van der Waals surface area contributed by atoms with Crippen LogP contribution in [0.2, 0.25) is 0 Å². The predicted octanol–water partition coefficient (Wildman–Crippen LogP) is 3.39. The van der Waals surface area contributed by atoms with Crippen LogP contribution in [0.5, 0.6) is 0 Å². The van der Waals surface area contributed by atoms with Crippen molar-refractivity contribution >= 4 is 22.6 Å². The van der Waals surface area contributed by atoms with Gasteiger partial charge in [0.05, 0.1) is 0 Å². The highest BCUT2D eigenvalue weighted by Crippen LogP contribution is 2.39. The molecule has 0 saturated heterocycles. The maximum absolute atomic E-state index is 2.60. The van der Waals surface area contributed by atoms with Gasteiger partial charge in [0.1, 0.15) is 0 Å². The molecule has 1 aliphatic carbocycles. The summed E-state index contributed by atoms with van der Waals surface area (Å²) in [5, 5.41) is 0. The van der Waals surface area contributed by atoms with Gasteiger partial charge in [-0.05, 0) is 18.3 Å². The lowest BCUT2D eigenvalue weighted by atomic mass is 9.78. The van der Waals surface area contributed by atoms with E-state index in [1.54, 1.807) is 0 Å². The zero-order chi connectivity index (χ0) is 6.91. The van der Waals surface area contributed by atoms with Crippen molar-refractivity contribution in [3.8, 4) is 0 Å². The van der Waals surface area contributed by atoms with Crippen LogP contribution in [0.4, 0.5) is 0 Å². The molecule has 0 heterocycles. The highest BCUT2D eigenvalue weighted by molar-refractivity contribution is 14.1. The molecule has 0 spiro atoms. The second-order valence-corrected chi connectivity index (χ2v) is 5.21. The standard InChI is InChI=1S/C8H15I/c1-8(2)6-4-3-5-7(8)9/h7H,3-6H2,1-2H3. The summed E-state index contributed by atoms with van der Waals surface area (Å²) in [7, 11) is 0. The van der Waals surface area contributed by atoms with Gasteiger partial charge in [-0.25, -0.2) is 0 Å². The Labute approximate surface area is 71.5 Å². The van der Waals surface area contributed by atoms with Crippen LogP contribution in [0.1, 0.15) is 39.5 Å². The highest BCUT2D eigenvalue weighted by atomic mass is 127. The Balaban J connectivity index is 2.49. The van der Waals surface area contributed by atoms with Gasteiger partial charge in [-0.1, -0.05) is 49.3 Å².